The van der Waals surface area contributed by atoms with Crippen molar-refractivity contribution < 1.29 is 0 Å². The molecule has 0 spiro atoms. The van der Waals surface area contributed by atoms with Gasteiger partial charge in [0, 0.05) is 29.6 Å². The number of pyridine rings is 1. The number of hydrogen-bond donors (Lipinski definition) is 0. The predicted octanol–water partition coefficient (Wildman–Crippen LogP) is 5.97. The Morgan fingerprint density at radius 3 is 2.47 bits per heavy atom. The third kappa shape index (κ3) is 4.53. The van der Waals surface area contributed by atoms with E-state index in [1.807, 2.05) is 19.1 Å². The lowest BCUT2D eigenvalue weighted by molar-refractivity contribution is 0.485. The summed E-state index contributed by atoms with van der Waals surface area (Å²) in [6.45, 7) is 8.69. The number of rotatable bonds is 5. The fourth-order valence-corrected chi connectivity index (χ4v) is 5.55. The van der Waals surface area contributed by atoms with Crippen molar-refractivity contribution in [2.24, 2.45) is 0 Å². The molecule has 0 unspecified atom stereocenters. The molecule has 3 heterocycles. The van der Waals surface area contributed by atoms with Crippen LogP contribution in [0.2, 0.25) is 0 Å². The van der Waals surface area contributed by atoms with Crippen LogP contribution in [0, 0.1) is 6.92 Å². The molecule has 6 nitrogen and oxygen atoms in total. The molecule has 1 fully saturated rings. The summed E-state index contributed by atoms with van der Waals surface area (Å²) in [5.41, 5.74) is 4.98. The first-order valence-electron chi connectivity index (χ1n) is 12.0. The zero-order valence-corrected chi connectivity index (χ0v) is 21.1. The summed E-state index contributed by atoms with van der Waals surface area (Å²) in [5, 5.41) is 10.1. The molecular weight excluding hydrogens is 442 g/mol. The minimum Gasteiger partial charge on any atom is -0.299 e. The molecule has 0 radical (unpaired) electrons. The molecule has 5 rings (SSSR count). The van der Waals surface area contributed by atoms with Crippen LogP contribution in [0.4, 0.5) is 0 Å². The number of hydrogen-bond acceptors (Lipinski definition) is 5. The molecule has 0 atom stereocenters. The first-order valence-corrected chi connectivity index (χ1v) is 13.0. The molecule has 0 amide bonds. The summed E-state index contributed by atoms with van der Waals surface area (Å²) in [6.07, 6.45) is 6.54. The van der Waals surface area contributed by atoms with Crippen molar-refractivity contribution in [3.05, 3.63) is 75.8 Å². The first kappa shape index (κ1) is 22.8. The van der Waals surface area contributed by atoms with Gasteiger partial charge in [-0.05, 0) is 48.4 Å². The Kier molecular flexibility index (Phi) is 6.06. The topological polar surface area (TPSA) is 65.1 Å². The van der Waals surface area contributed by atoms with Gasteiger partial charge in [0.05, 0.1) is 5.69 Å². The largest absolute Gasteiger partial charge is 0.299 e. The first-order chi connectivity index (χ1) is 16.3. The molecular formula is C27H31N5OS. The summed E-state index contributed by atoms with van der Waals surface area (Å²) in [5.74, 6) is 1.50. The molecule has 34 heavy (non-hydrogen) atoms. The third-order valence-corrected chi connectivity index (χ3v) is 7.57. The van der Waals surface area contributed by atoms with Crippen molar-refractivity contribution in [3.63, 3.8) is 0 Å². The Morgan fingerprint density at radius 2 is 1.76 bits per heavy atom. The molecule has 1 aromatic carbocycles. The number of aryl methyl sites for hydroxylation is 1. The number of fused-ring (bicyclic) bond motifs is 1. The van der Waals surface area contributed by atoms with Crippen LogP contribution in [0.25, 0.3) is 17.0 Å². The average molecular weight is 474 g/mol. The van der Waals surface area contributed by atoms with Crippen LogP contribution in [0.15, 0.2) is 58.6 Å². The minimum absolute atomic E-state index is 0.0579. The van der Waals surface area contributed by atoms with E-state index < -0.39 is 0 Å². The summed E-state index contributed by atoms with van der Waals surface area (Å²) >= 11 is 1.61. The maximum absolute atomic E-state index is 12.6. The van der Waals surface area contributed by atoms with Gasteiger partial charge in [-0.25, -0.2) is 4.98 Å². The molecule has 4 aromatic rings. The van der Waals surface area contributed by atoms with Gasteiger partial charge in [0.15, 0.2) is 11.0 Å². The van der Waals surface area contributed by atoms with E-state index in [0.29, 0.717) is 17.4 Å². The number of aromatic nitrogens is 5. The van der Waals surface area contributed by atoms with Gasteiger partial charge < -0.3 is 0 Å². The normalized spacial score (nSPS) is 14.8. The van der Waals surface area contributed by atoms with E-state index in [1.54, 1.807) is 28.4 Å². The SMILES string of the molecule is Cc1ccn2c(=O)cc(CSc3nnc(-c4ccc(C(C)(C)C)cc4)n3C3CCCC3)nc2c1. The molecule has 7 heteroatoms. The number of benzene rings is 1. The highest BCUT2D eigenvalue weighted by molar-refractivity contribution is 7.98. The van der Waals surface area contributed by atoms with Gasteiger partial charge >= 0.3 is 0 Å². The van der Waals surface area contributed by atoms with Crippen LogP contribution in [0.5, 0.6) is 0 Å². The second-order valence-corrected chi connectivity index (χ2v) is 11.2. The summed E-state index contributed by atoms with van der Waals surface area (Å²) in [7, 11) is 0. The van der Waals surface area contributed by atoms with E-state index in [0.717, 1.165) is 40.6 Å². The van der Waals surface area contributed by atoms with Gasteiger partial charge in [-0.2, -0.15) is 0 Å². The van der Waals surface area contributed by atoms with Crippen molar-refractivity contribution in [1.29, 1.82) is 0 Å². The smallest absolute Gasteiger partial charge is 0.258 e. The number of nitrogens with zero attached hydrogens (tertiary/aromatic N) is 5. The van der Waals surface area contributed by atoms with E-state index in [-0.39, 0.29) is 11.0 Å². The van der Waals surface area contributed by atoms with Crippen molar-refractivity contribution in [3.8, 4) is 11.4 Å². The molecule has 1 aliphatic rings. The Labute approximate surface area is 204 Å². The highest BCUT2D eigenvalue weighted by Gasteiger charge is 2.25. The highest BCUT2D eigenvalue weighted by atomic mass is 32.2. The summed E-state index contributed by atoms with van der Waals surface area (Å²) < 4.78 is 3.91. The zero-order valence-electron chi connectivity index (χ0n) is 20.3. The Balaban J connectivity index is 1.46. The molecule has 3 aromatic heterocycles. The second kappa shape index (κ2) is 9.02. The minimum atomic E-state index is -0.0579. The van der Waals surface area contributed by atoms with E-state index in [2.05, 4.69) is 59.8 Å². The van der Waals surface area contributed by atoms with Gasteiger partial charge in [-0.1, -0.05) is 69.6 Å². The van der Waals surface area contributed by atoms with E-state index in [9.17, 15) is 4.79 Å². The molecule has 1 aliphatic carbocycles. The van der Waals surface area contributed by atoms with E-state index in [4.69, 9.17) is 4.98 Å². The lowest BCUT2D eigenvalue weighted by Crippen LogP contribution is -2.15. The van der Waals surface area contributed by atoms with Crippen LogP contribution < -0.4 is 5.56 Å². The highest BCUT2D eigenvalue weighted by Crippen LogP contribution is 2.37. The average Bonchev–Trinajstić information content (AvgIpc) is 3.46. The van der Waals surface area contributed by atoms with Crippen LogP contribution in [0.1, 0.15) is 69.3 Å². The predicted molar refractivity (Wildman–Crippen MR) is 137 cm³/mol. The fourth-order valence-electron chi connectivity index (χ4n) is 4.65. The fraction of sp³-hybridized carbons (Fsp3) is 0.407. The summed E-state index contributed by atoms with van der Waals surface area (Å²) in [6, 6.07) is 14.6. The third-order valence-electron chi connectivity index (χ3n) is 6.59. The molecule has 1 saturated carbocycles. The molecule has 0 bridgehead atoms. The maximum Gasteiger partial charge on any atom is 0.258 e. The number of thioether (sulfide) groups is 1. The second-order valence-electron chi connectivity index (χ2n) is 10.2. The van der Waals surface area contributed by atoms with Crippen molar-refractivity contribution in [2.75, 3.05) is 0 Å². The van der Waals surface area contributed by atoms with Gasteiger partial charge in [-0.3, -0.25) is 13.8 Å². The quantitative estimate of drug-likeness (QED) is 0.334. The van der Waals surface area contributed by atoms with Crippen LogP contribution in [-0.4, -0.2) is 24.1 Å². The maximum atomic E-state index is 12.6. The van der Waals surface area contributed by atoms with Crippen molar-refractivity contribution in [2.45, 2.75) is 75.7 Å². The van der Waals surface area contributed by atoms with Gasteiger partial charge in [-0.15, -0.1) is 10.2 Å². The van der Waals surface area contributed by atoms with Crippen LogP contribution >= 0.6 is 11.8 Å². The Bertz CT molecular complexity index is 1380. The zero-order chi connectivity index (χ0) is 23.9. The van der Waals surface area contributed by atoms with Crippen LogP contribution in [-0.2, 0) is 11.2 Å². The van der Waals surface area contributed by atoms with Gasteiger partial charge in [0.1, 0.15) is 5.65 Å². The molecule has 0 saturated heterocycles. The molecule has 176 valence electrons. The summed E-state index contributed by atoms with van der Waals surface area (Å²) in [4.78, 5) is 17.3. The lowest BCUT2D eigenvalue weighted by Gasteiger charge is -2.20. The van der Waals surface area contributed by atoms with E-state index in [1.165, 1.54) is 18.4 Å². The lowest BCUT2D eigenvalue weighted by atomic mass is 9.86. The van der Waals surface area contributed by atoms with Gasteiger partial charge in [0.2, 0.25) is 0 Å². The van der Waals surface area contributed by atoms with Crippen LogP contribution in [0.3, 0.4) is 0 Å². The van der Waals surface area contributed by atoms with Crippen molar-refractivity contribution >= 4 is 17.4 Å². The Morgan fingerprint density at radius 1 is 1.03 bits per heavy atom. The van der Waals surface area contributed by atoms with Gasteiger partial charge in [0.25, 0.3) is 5.56 Å². The Hall–Kier alpha value is -2.93. The monoisotopic (exact) mass is 473 g/mol. The van der Waals surface area contributed by atoms with E-state index >= 15 is 0 Å². The standard InChI is InChI=1S/C27H31N5OS/c1-18-13-14-31-23(15-18)28-21(16-24(31)33)17-34-26-30-29-25(32(26)22-7-5-6-8-22)19-9-11-20(12-10-19)27(2,3)4/h9-16,22H,5-8,17H2,1-4H3. The molecule has 0 N–H and O–H groups in total. The van der Waals surface area contributed by atoms with Crippen molar-refractivity contribution in [1.82, 2.24) is 24.1 Å². The molecule has 0 aliphatic heterocycles.